The van der Waals surface area contributed by atoms with E-state index in [0.717, 1.165) is 30.2 Å². The third kappa shape index (κ3) is 5.36. The van der Waals surface area contributed by atoms with Gasteiger partial charge >= 0.3 is 0 Å². The molecular formula is C14H24ClN3. The predicted molar refractivity (Wildman–Crippen MR) is 78.8 cm³/mol. The average molecular weight is 270 g/mol. The highest BCUT2D eigenvalue weighted by Gasteiger charge is 2.05. The van der Waals surface area contributed by atoms with Gasteiger partial charge in [0.2, 0.25) is 0 Å². The zero-order valence-electron chi connectivity index (χ0n) is 11.6. The molecule has 0 aliphatic rings. The fourth-order valence-corrected chi connectivity index (χ4v) is 2.14. The Bertz CT molecular complexity index is 366. The van der Waals surface area contributed by atoms with Gasteiger partial charge in [0, 0.05) is 18.1 Å². The van der Waals surface area contributed by atoms with Gasteiger partial charge < -0.3 is 15.5 Å². The Hall–Kier alpha value is -0.610. The van der Waals surface area contributed by atoms with Gasteiger partial charge in [-0.15, -0.1) is 0 Å². The highest BCUT2D eigenvalue weighted by molar-refractivity contribution is 6.31. The second kappa shape index (κ2) is 7.74. The summed E-state index contributed by atoms with van der Waals surface area (Å²) < 4.78 is 0. The van der Waals surface area contributed by atoms with Gasteiger partial charge in [-0.3, -0.25) is 0 Å². The topological polar surface area (TPSA) is 32.5 Å². The molecule has 18 heavy (non-hydrogen) atoms. The lowest BCUT2D eigenvalue weighted by Gasteiger charge is -2.19. The number of nitrogens with zero attached hydrogens (tertiary/aromatic N) is 2. The smallest absolute Gasteiger partial charge is 0.0454 e. The van der Waals surface area contributed by atoms with Gasteiger partial charge in [-0.25, -0.2) is 0 Å². The molecule has 0 amide bonds. The van der Waals surface area contributed by atoms with Gasteiger partial charge in [0.25, 0.3) is 0 Å². The molecule has 0 unspecified atom stereocenters. The second-order valence-corrected chi connectivity index (χ2v) is 5.43. The van der Waals surface area contributed by atoms with Crippen molar-refractivity contribution in [3.05, 3.63) is 34.3 Å². The summed E-state index contributed by atoms with van der Waals surface area (Å²) in [5.74, 6) is 0. The lowest BCUT2D eigenvalue weighted by atomic mass is 10.1. The molecule has 0 bridgehead atoms. The molecular weight excluding hydrogens is 246 g/mol. The van der Waals surface area contributed by atoms with Crippen LogP contribution in [-0.2, 0) is 13.1 Å². The van der Waals surface area contributed by atoms with Crippen molar-refractivity contribution in [2.24, 2.45) is 5.73 Å². The van der Waals surface area contributed by atoms with Crippen LogP contribution in [-0.4, -0.2) is 44.0 Å². The van der Waals surface area contributed by atoms with Gasteiger partial charge in [0.15, 0.2) is 0 Å². The first-order valence-corrected chi connectivity index (χ1v) is 6.71. The number of nitrogens with two attached hydrogens (primary N) is 1. The van der Waals surface area contributed by atoms with Crippen LogP contribution in [0, 0.1) is 0 Å². The summed E-state index contributed by atoms with van der Waals surface area (Å²) >= 11 is 6.25. The van der Waals surface area contributed by atoms with Crippen LogP contribution < -0.4 is 5.73 Å². The van der Waals surface area contributed by atoms with Gasteiger partial charge in [0.05, 0.1) is 0 Å². The number of rotatable bonds is 7. The maximum absolute atomic E-state index is 6.25. The lowest BCUT2D eigenvalue weighted by molar-refractivity contribution is 0.294. The monoisotopic (exact) mass is 269 g/mol. The van der Waals surface area contributed by atoms with Crippen molar-refractivity contribution in [1.82, 2.24) is 9.80 Å². The van der Waals surface area contributed by atoms with Crippen molar-refractivity contribution < 1.29 is 0 Å². The summed E-state index contributed by atoms with van der Waals surface area (Å²) in [7, 11) is 6.33. The minimum Gasteiger partial charge on any atom is -0.326 e. The third-order valence-electron chi connectivity index (χ3n) is 2.94. The van der Waals surface area contributed by atoms with Crippen LogP contribution in [0.5, 0.6) is 0 Å². The molecule has 1 aromatic carbocycles. The van der Waals surface area contributed by atoms with Crippen molar-refractivity contribution in [2.45, 2.75) is 19.5 Å². The Balaban J connectivity index is 2.46. The summed E-state index contributed by atoms with van der Waals surface area (Å²) in [6.07, 6.45) is 1.17. The van der Waals surface area contributed by atoms with E-state index in [9.17, 15) is 0 Å². The van der Waals surface area contributed by atoms with E-state index in [1.165, 1.54) is 12.0 Å². The molecule has 1 aromatic rings. The van der Waals surface area contributed by atoms with E-state index in [4.69, 9.17) is 17.3 Å². The molecule has 0 aromatic heterocycles. The molecule has 0 aliphatic heterocycles. The molecule has 0 saturated heterocycles. The van der Waals surface area contributed by atoms with Crippen LogP contribution in [0.4, 0.5) is 0 Å². The molecule has 0 aliphatic carbocycles. The van der Waals surface area contributed by atoms with Gasteiger partial charge in [0.1, 0.15) is 0 Å². The van der Waals surface area contributed by atoms with Crippen LogP contribution in [0.2, 0.25) is 5.02 Å². The van der Waals surface area contributed by atoms with Gasteiger partial charge in [-0.2, -0.15) is 0 Å². The Morgan fingerprint density at radius 2 is 1.89 bits per heavy atom. The van der Waals surface area contributed by atoms with Gasteiger partial charge in [-0.1, -0.05) is 23.7 Å². The van der Waals surface area contributed by atoms with Crippen LogP contribution in [0.25, 0.3) is 0 Å². The Labute approximate surface area is 116 Å². The largest absolute Gasteiger partial charge is 0.326 e. The minimum atomic E-state index is 0.540. The molecule has 3 nitrogen and oxygen atoms in total. The SMILES string of the molecule is CN(C)CCCN(C)Cc1ccc(CN)cc1Cl. The third-order valence-corrected chi connectivity index (χ3v) is 3.29. The van der Waals surface area contributed by atoms with E-state index in [1.54, 1.807) is 0 Å². The Morgan fingerprint density at radius 3 is 2.44 bits per heavy atom. The molecule has 0 saturated carbocycles. The number of hydrogen-bond acceptors (Lipinski definition) is 3. The summed E-state index contributed by atoms with van der Waals surface area (Å²) in [4.78, 5) is 4.50. The summed E-state index contributed by atoms with van der Waals surface area (Å²) in [5.41, 5.74) is 7.84. The summed E-state index contributed by atoms with van der Waals surface area (Å²) in [6, 6.07) is 6.09. The molecule has 0 fully saturated rings. The van der Waals surface area contributed by atoms with Gasteiger partial charge in [-0.05, 0) is 57.8 Å². The minimum absolute atomic E-state index is 0.540. The van der Waals surface area contributed by atoms with E-state index in [1.807, 2.05) is 6.07 Å². The van der Waals surface area contributed by atoms with Crippen molar-refractivity contribution in [1.29, 1.82) is 0 Å². The van der Waals surface area contributed by atoms with Crippen molar-refractivity contribution in [3.8, 4) is 0 Å². The highest BCUT2D eigenvalue weighted by atomic mass is 35.5. The number of benzene rings is 1. The quantitative estimate of drug-likeness (QED) is 0.824. The fourth-order valence-electron chi connectivity index (χ4n) is 1.87. The number of hydrogen-bond donors (Lipinski definition) is 1. The predicted octanol–water partition coefficient (Wildman–Crippen LogP) is 2.18. The van der Waals surface area contributed by atoms with Crippen molar-refractivity contribution in [3.63, 3.8) is 0 Å². The molecule has 1 rings (SSSR count). The first-order chi connectivity index (χ1) is 8.52. The van der Waals surface area contributed by atoms with E-state index in [0.29, 0.717) is 6.54 Å². The summed E-state index contributed by atoms with van der Waals surface area (Å²) in [5, 5.41) is 0.817. The standard InChI is InChI=1S/C14H24ClN3/c1-17(2)7-4-8-18(3)11-13-6-5-12(10-16)9-14(13)15/h5-6,9H,4,7-8,10-11,16H2,1-3H3. The zero-order valence-corrected chi connectivity index (χ0v) is 12.4. The van der Waals surface area contributed by atoms with Crippen LogP contribution >= 0.6 is 11.6 Å². The molecule has 0 spiro atoms. The van der Waals surface area contributed by atoms with Crippen molar-refractivity contribution in [2.75, 3.05) is 34.2 Å². The lowest BCUT2D eigenvalue weighted by Crippen LogP contribution is -2.23. The number of halogens is 1. The maximum atomic E-state index is 6.25. The van der Waals surface area contributed by atoms with E-state index < -0.39 is 0 Å². The first-order valence-electron chi connectivity index (χ1n) is 6.33. The molecule has 102 valence electrons. The molecule has 4 heteroatoms. The van der Waals surface area contributed by atoms with E-state index >= 15 is 0 Å². The normalized spacial score (nSPS) is 11.5. The maximum Gasteiger partial charge on any atom is 0.0454 e. The first kappa shape index (κ1) is 15.4. The van der Waals surface area contributed by atoms with Crippen LogP contribution in [0.15, 0.2) is 18.2 Å². The fraction of sp³-hybridized carbons (Fsp3) is 0.571. The van der Waals surface area contributed by atoms with Crippen molar-refractivity contribution >= 4 is 11.6 Å². The second-order valence-electron chi connectivity index (χ2n) is 5.02. The highest BCUT2D eigenvalue weighted by Crippen LogP contribution is 2.19. The average Bonchev–Trinajstić information content (AvgIpc) is 2.31. The zero-order chi connectivity index (χ0) is 13.5. The van der Waals surface area contributed by atoms with Crippen LogP contribution in [0.1, 0.15) is 17.5 Å². The summed E-state index contributed by atoms with van der Waals surface area (Å²) in [6.45, 7) is 3.62. The van der Waals surface area contributed by atoms with E-state index in [-0.39, 0.29) is 0 Å². The van der Waals surface area contributed by atoms with Crippen LogP contribution in [0.3, 0.4) is 0 Å². The molecule has 0 atom stereocenters. The molecule has 0 radical (unpaired) electrons. The molecule has 0 heterocycles. The molecule has 2 N–H and O–H groups in total. The Kier molecular flexibility index (Phi) is 6.65. The Morgan fingerprint density at radius 1 is 1.17 bits per heavy atom. The van der Waals surface area contributed by atoms with E-state index in [2.05, 4.69) is 43.1 Å².